The van der Waals surface area contributed by atoms with E-state index in [1.165, 1.54) is 0 Å². The fourth-order valence-electron chi connectivity index (χ4n) is 2.35. The molecule has 1 saturated carbocycles. The van der Waals surface area contributed by atoms with Crippen molar-refractivity contribution < 1.29 is 9.90 Å². The molecule has 0 bridgehead atoms. The Bertz CT molecular complexity index is 234. The molecule has 1 aliphatic rings. The zero-order valence-electron chi connectivity index (χ0n) is 11.4. The summed E-state index contributed by atoms with van der Waals surface area (Å²) < 4.78 is 0. The van der Waals surface area contributed by atoms with Gasteiger partial charge in [-0.05, 0) is 37.5 Å². The summed E-state index contributed by atoms with van der Waals surface area (Å²) in [6.07, 6.45) is 4.86. The van der Waals surface area contributed by atoms with E-state index < -0.39 is 6.10 Å². The van der Waals surface area contributed by atoms with Gasteiger partial charge in [-0.15, -0.1) is 0 Å². The third-order valence-electron chi connectivity index (χ3n) is 4.17. The third kappa shape index (κ3) is 4.66. The molecule has 1 fully saturated rings. The van der Waals surface area contributed by atoms with Gasteiger partial charge in [-0.1, -0.05) is 27.2 Å². The van der Waals surface area contributed by atoms with Crippen molar-refractivity contribution in [3.63, 3.8) is 0 Å². The van der Waals surface area contributed by atoms with Crippen LogP contribution in [0.3, 0.4) is 0 Å². The standard InChI is InChI=1S/C14H27NO2/c1-4-11(3)13(16)9-15-14(17)12-7-5-10(2)6-8-12/h10-13,16H,4-9H2,1-3H3,(H,15,17). The summed E-state index contributed by atoms with van der Waals surface area (Å²) in [7, 11) is 0. The first kappa shape index (κ1) is 14.5. The summed E-state index contributed by atoms with van der Waals surface area (Å²) in [5.41, 5.74) is 0. The van der Waals surface area contributed by atoms with Crippen LogP contribution in [0.25, 0.3) is 0 Å². The number of hydrogen-bond donors (Lipinski definition) is 2. The minimum Gasteiger partial charge on any atom is -0.391 e. The molecule has 0 aromatic carbocycles. The summed E-state index contributed by atoms with van der Waals surface area (Å²) in [6, 6.07) is 0. The maximum absolute atomic E-state index is 11.9. The van der Waals surface area contributed by atoms with Gasteiger partial charge in [-0.2, -0.15) is 0 Å². The van der Waals surface area contributed by atoms with Crippen LogP contribution in [-0.4, -0.2) is 23.7 Å². The van der Waals surface area contributed by atoms with Crippen LogP contribution in [0.4, 0.5) is 0 Å². The van der Waals surface area contributed by atoms with Crippen molar-refractivity contribution in [3.05, 3.63) is 0 Å². The van der Waals surface area contributed by atoms with Crippen molar-refractivity contribution in [3.8, 4) is 0 Å². The van der Waals surface area contributed by atoms with E-state index in [9.17, 15) is 9.90 Å². The molecule has 2 N–H and O–H groups in total. The molecule has 1 amide bonds. The van der Waals surface area contributed by atoms with Crippen LogP contribution in [0, 0.1) is 17.8 Å². The molecule has 1 rings (SSSR count). The Morgan fingerprint density at radius 1 is 1.35 bits per heavy atom. The fourth-order valence-corrected chi connectivity index (χ4v) is 2.35. The van der Waals surface area contributed by atoms with E-state index in [1.807, 2.05) is 6.92 Å². The minimum absolute atomic E-state index is 0.138. The van der Waals surface area contributed by atoms with E-state index in [0.29, 0.717) is 6.54 Å². The highest BCUT2D eigenvalue weighted by atomic mass is 16.3. The van der Waals surface area contributed by atoms with Crippen LogP contribution in [0.1, 0.15) is 52.9 Å². The second-order valence-corrected chi connectivity index (χ2v) is 5.65. The average Bonchev–Trinajstić information content (AvgIpc) is 2.35. The maximum atomic E-state index is 11.9. The topological polar surface area (TPSA) is 49.3 Å². The van der Waals surface area contributed by atoms with E-state index in [4.69, 9.17) is 0 Å². The van der Waals surface area contributed by atoms with E-state index in [0.717, 1.165) is 38.0 Å². The number of carbonyl (C=O) groups is 1. The van der Waals surface area contributed by atoms with E-state index in [2.05, 4.69) is 19.2 Å². The van der Waals surface area contributed by atoms with Gasteiger partial charge in [0.25, 0.3) is 0 Å². The first-order chi connectivity index (χ1) is 8.04. The molecule has 2 unspecified atom stereocenters. The highest BCUT2D eigenvalue weighted by Gasteiger charge is 2.24. The second-order valence-electron chi connectivity index (χ2n) is 5.65. The number of aliphatic hydroxyl groups excluding tert-OH is 1. The molecule has 2 atom stereocenters. The molecule has 0 aromatic heterocycles. The van der Waals surface area contributed by atoms with Crippen LogP contribution in [0.15, 0.2) is 0 Å². The quantitative estimate of drug-likeness (QED) is 0.776. The molecule has 0 heterocycles. The molecule has 0 radical (unpaired) electrons. The molecule has 3 nitrogen and oxygen atoms in total. The highest BCUT2D eigenvalue weighted by molar-refractivity contribution is 5.78. The Hall–Kier alpha value is -0.570. The Balaban J connectivity index is 2.25. The maximum Gasteiger partial charge on any atom is 0.223 e. The van der Waals surface area contributed by atoms with Gasteiger partial charge in [0.2, 0.25) is 5.91 Å². The monoisotopic (exact) mass is 241 g/mol. The largest absolute Gasteiger partial charge is 0.391 e. The second kappa shape index (κ2) is 7.00. The SMILES string of the molecule is CCC(C)C(O)CNC(=O)C1CCC(C)CC1. The number of hydrogen-bond acceptors (Lipinski definition) is 2. The van der Waals surface area contributed by atoms with Gasteiger partial charge >= 0.3 is 0 Å². The predicted octanol–water partition coefficient (Wildman–Crippen LogP) is 2.34. The van der Waals surface area contributed by atoms with Gasteiger partial charge in [-0.25, -0.2) is 0 Å². The zero-order valence-corrected chi connectivity index (χ0v) is 11.4. The number of carbonyl (C=O) groups excluding carboxylic acids is 1. The van der Waals surface area contributed by atoms with Gasteiger partial charge < -0.3 is 10.4 Å². The summed E-state index contributed by atoms with van der Waals surface area (Å²) in [5.74, 6) is 1.33. The lowest BCUT2D eigenvalue weighted by molar-refractivity contribution is -0.126. The molecule has 17 heavy (non-hydrogen) atoms. The van der Waals surface area contributed by atoms with E-state index in [-0.39, 0.29) is 17.7 Å². The van der Waals surface area contributed by atoms with Gasteiger partial charge in [0, 0.05) is 12.5 Å². The van der Waals surface area contributed by atoms with Crippen LogP contribution >= 0.6 is 0 Å². The summed E-state index contributed by atoms with van der Waals surface area (Å²) in [6.45, 7) is 6.72. The number of aliphatic hydroxyl groups is 1. The lowest BCUT2D eigenvalue weighted by Gasteiger charge is -2.26. The van der Waals surface area contributed by atoms with Crippen molar-refractivity contribution in [1.29, 1.82) is 0 Å². The fraction of sp³-hybridized carbons (Fsp3) is 0.929. The predicted molar refractivity (Wildman–Crippen MR) is 69.6 cm³/mol. The first-order valence-corrected chi connectivity index (χ1v) is 7.00. The Kier molecular flexibility index (Phi) is 5.96. The number of nitrogens with one attached hydrogen (secondary N) is 1. The van der Waals surface area contributed by atoms with Crippen LogP contribution in [0.5, 0.6) is 0 Å². The molecule has 0 spiro atoms. The van der Waals surface area contributed by atoms with Crippen LogP contribution in [-0.2, 0) is 4.79 Å². The molecule has 0 aliphatic heterocycles. The molecular formula is C14H27NO2. The summed E-state index contributed by atoms with van der Waals surface area (Å²) in [5, 5.41) is 12.7. The average molecular weight is 241 g/mol. The molecule has 3 heteroatoms. The van der Waals surface area contributed by atoms with E-state index in [1.54, 1.807) is 0 Å². The Morgan fingerprint density at radius 3 is 2.47 bits per heavy atom. The van der Waals surface area contributed by atoms with Gasteiger partial charge in [0.15, 0.2) is 0 Å². The van der Waals surface area contributed by atoms with Crippen molar-refractivity contribution in [1.82, 2.24) is 5.32 Å². The van der Waals surface area contributed by atoms with Crippen molar-refractivity contribution >= 4 is 5.91 Å². The van der Waals surface area contributed by atoms with Gasteiger partial charge in [-0.3, -0.25) is 4.79 Å². The molecule has 0 aromatic rings. The highest BCUT2D eigenvalue weighted by Crippen LogP contribution is 2.28. The number of rotatable bonds is 5. The Morgan fingerprint density at radius 2 is 1.94 bits per heavy atom. The van der Waals surface area contributed by atoms with Crippen LogP contribution in [0.2, 0.25) is 0 Å². The molecular weight excluding hydrogens is 214 g/mol. The lowest BCUT2D eigenvalue weighted by atomic mass is 9.82. The normalized spacial score (nSPS) is 28.5. The molecule has 1 aliphatic carbocycles. The summed E-state index contributed by atoms with van der Waals surface area (Å²) in [4.78, 5) is 11.9. The summed E-state index contributed by atoms with van der Waals surface area (Å²) >= 11 is 0. The first-order valence-electron chi connectivity index (χ1n) is 7.00. The smallest absolute Gasteiger partial charge is 0.223 e. The van der Waals surface area contributed by atoms with Crippen molar-refractivity contribution in [2.45, 2.75) is 59.0 Å². The minimum atomic E-state index is -0.411. The van der Waals surface area contributed by atoms with Crippen molar-refractivity contribution in [2.75, 3.05) is 6.54 Å². The number of amides is 1. The molecule has 0 saturated heterocycles. The van der Waals surface area contributed by atoms with Crippen molar-refractivity contribution in [2.24, 2.45) is 17.8 Å². The molecule has 100 valence electrons. The van der Waals surface area contributed by atoms with Gasteiger partial charge in [0.1, 0.15) is 0 Å². The van der Waals surface area contributed by atoms with Crippen LogP contribution < -0.4 is 5.32 Å². The van der Waals surface area contributed by atoms with E-state index >= 15 is 0 Å². The Labute approximate surface area is 105 Å². The zero-order chi connectivity index (χ0) is 12.8. The third-order valence-corrected chi connectivity index (χ3v) is 4.17. The van der Waals surface area contributed by atoms with Gasteiger partial charge in [0.05, 0.1) is 6.10 Å². The lowest BCUT2D eigenvalue weighted by Crippen LogP contribution is -2.39.